The minimum atomic E-state index is 0.577. The average molecular weight is 356 g/mol. The lowest BCUT2D eigenvalue weighted by Gasteiger charge is -2.39. The van der Waals surface area contributed by atoms with Crippen LogP contribution in [0.2, 0.25) is 0 Å². The number of furan rings is 1. The minimum Gasteiger partial charge on any atom is -0.468 e. The molecule has 0 saturated carbocycles. The third kappa shape index (κ3) is 2.38. The monoisotopic (exact) mass is 356 g/mol. The van der Waals surface area contributed by atoms with Gasteiger partial charge in [0.15, 0.2) is 0 Å². The maximum absolute atomic E-state index is 5.60. The predicted octanol–water partition coefficient (Wildman–Crippen LogP) is 4.89. The Balaban J connectivity index is 1.41. The Morgan fingerprint density at radius 1 is 0.926 bits per heavy atom. The summed E-state index contributed by atoms with van der Waals surface area (Å²) in [7, 11) is 0. The van der Waals surface area contributed by atoms with Crippen LogP contribution in [0.3, 0.4) is 0 Å². The molecule has 3 aliphatic rings. The second-order valence-corrected chi connectivity index (χ2v) is 8.13. The van der Waals surface area contributed by atoms with Gasteiger partial charge in [0.1, 0.15) is 5.76 Å². The lowest BCUT2D eigenvalue weighted by Crippen LogP contribution is -2.44. The van der Waals surface area contributed by atoms with Crippen molar-refractivity contribution in [3.63, 3.8) is 0 Å². The van der Waals surface area contributed by atoms with Crippen LogP contribution in [0.15, 0.2) is 65.3 Å². The number of rotatable bonds is 2. The van der Waals surface area contributed by atoms with Gasteiger partial charge in [0.05, 0.1) is 12.8 Å². The van der Waals surface area contributed by atoms with Crippen molar-refractivity contribution >= 4 is 11.4 Å². The summed E-state index contributed by atoms with van der Waals surface area (Å²) in [5.74, 6) is 1.65. The van der Waals surface area contributed by atoms with Crippen molar-refractivity contribution < 1.29 is 4.42 Å². The summed E-state index contributed by atoms with van der Waals surface area (Å²) < 4.78 is 5.60. The highest BCUT2D eigenvalue weighted by Gasteiger charge is 2.44. The van der Waals surface area contributed by atoms with E-state index >= 15 is 0 Å². The first-order chi connectivity index (χ1) is 13.4. The van der Waals surface area contributed by atoms with Crippen molar-refractivity contribution in [3.8, 4) is 0 Å². The second-order valence-electron chi connectivity index (χ2n) is 8.13. The number of hydrogen-bond donors (Lipinski definition) is 0. The lowest BCUT2D eigenvalue weighted by atomic mass is 9.87. The van der Waals surface area contributed by atoms with Gasteiger partial charge >= 0.3 is 0 Å². The Morgan fingerprint density at radius 3 is 2.74 bits per heavy atom. The smallest absolute Gasteiger partial charge is 0.117 e. The molecule has 3 heteroatoms. The summed E-state index contributed by atoms with van der Waals surface area (Å²) in [5, 5.41) is 0. The Kier molecular flexibility index (Phi) is 3.45. The summed E-state index contributed by atoms with van der Waals surface area (Å²) >= 11 is 0. The van der Waals surface area contributed by atoms with E-state index in [2.05, 4.69) is 58.3 Å². The molecule has 0 N–H and O–H groups in total. The predicted molar refractivity (Wildman–Crippen MR) is 108 cm³/mol. The molecule has 0 amide bonds. The highest BCUT2D eigenvalue weighted by molar-refractivity contribution is 5.79. The van der Waals surface area contributed by atoms with Gasteiger partial charge in [-0.3, -0.25) is 4.90 Å². The van der Waals surface area contributed by atoms with Gasteiger partial charge in [-0.05, 0) is 54.2 Å². The van der Waals surface area contributed by atoms with Crippen molar-refractivity contribution in [1.29, 1.82) is 0 Å². The molecule has 1 saturated heterocycles. The van der Waals surface area contributed by atoms with Crippen molar-refractivity contribution in [2.24, 2.45) is 0 Å². The molecule has 136 valence electrons. The highest BCUT2D eigenvalue weighted by atomic mass is 16.3. The number of likely N-dealkylation sites (tertiary alicyclic amines) is 1. The maximum Gasteiger partial charge on any atom is 0.117 e. The van der Waals surface area contributed by atoms with Gasteiger partial charge in [-0.25, -0.2) is 0 Å². The lowest BCUT2D eigenvalue weighted by molar-refractivity contribution is 0.177. The van der Waals surface area contributed by atoms with Crippen LogP contribution in [-0.4, -0.2) is 24.0 Å². The molecule has 2 unspecified atom stereocenters. The largest absolute Gasteiger partial charge is 0.468 e. The molecule has 3 aromatic rings. The SMILES string of the molecule is c1coc(CN2CCC3C(C2)c2cccc4c2N3c2ccccc2CC4)c1. The molecule has 1 aromatic heterocycles. The van der Waals surface area contributed by atoms with Crippen LogP contribution >= 0.6 is 0 Å². The summed E-state index contributed by atoms with van der Waals surface area (Å²) in [6, 6.07) is 20.7. The Morgan fingerprint density at radius 2 is 1.81 bits per heavy atom. The number of nitrogens with zero attached hydrogens (tertiary/aromatic N) is 2. The first-order valence-electron chi connectivity index (χ1n) is 10.1. The van der Waals surface area contributed by atoms with Crippen LogP contribution in [0.25, 0.3) is 0 Å². The van der Waals surface area contributed by atoms with Gasteiger partial charge in [0, 0.05) is 36.4 Å². The van der Waals surface area contributed by atoms with Crippen LogP contribution < -0.4 is 4.90 Å². The zero-order chi connectivity index (χ0) is 17.8. The molecule has 3 nitrogen and oxygen atoms in total. The number of hydrogen-bond acceptors (Lipinski definition) is 3. The normalized spacial score (nSPS) is 23.5. The van der Waals surface area contributed by atoms with E-state index in [9.17, 15) is 0 Å². The van der Waals surface area contributed by atoms with E-state index in [4.69, 9.17) is 4.42 Å². The first kappa shape index (κ1) is 15.5. The van der Waals surface area contributed by atoms with Crippen LogP contribution in [0.4, 0.5) is 11.4 Å². The summed E-state index contributed by atoms with van der Waals surface area (Å²) in [4.78, 5) is 5.26. The van der Waals surface area contributed by atoms with Crippen LogP contribution in [0, 0.1) is 0 Å². The summed E-state index contributed by atoms with van der Waals surface area (Å²) in [6.07, 6.45) is 5.27. The van der Waals surface area contributed by atoms with Gasteiger partial charge in [0.2, 0.25) is 0 Å². The number of para-hydroxylation sites is 2. The number of benzene rings is 2. The maximum atomic E-state index is 5.60. The fourth-order valence-corrected chi connectivity index (χ4v) is 5.49. The summed E-state index contributed by atoms with van der Waals surface area (Å²) in [5.41, 5.74) is 7.53. The van der Waals surface area contributed by atoms with Crippen LogP contribution in [-0.2, 0) is 19.4 Å². The fourth-order valence-electron chi connectivity index (χ4n) is 5.49. The van der Waals surface area contributed by atoms with Crippen molar-refractivity contribution in [3.05, 3.63) is 83.3 Å². The van der Waals surface area contributed by atoms with Crippen molar-refractivity contribution in [2.75, 3.05) is 18.0 Å². The average Bonchev–Trinajstić information content (AvgIpc) is 3.28. The second kappa shape index (κ2) is 6.00. The molecular weight excluding hydrogens is 332 g/mol. The van der Waals surface area contributed by atoms with Gasteiger partial charge in [-0.2, -0.15) is 0 Å². The highest BCUT2D eigenvalue weighted by Crippen LogP contribution is 2.52. The molecule has 0 bridgehead atoms. The van der Waals surface area contributed by atoms with Crippen LogP contribution in [0.5, 0.6) is 0 Å². The van der Waals surface area contributed by atoms with Gasteiger partial charge < -0.3 is 9.32 Å². The number of piperidine rings is 1. The van der Waals surface area contributed by atoms with Crippen molar-refractivity contribution in [1.82, 2.24) is 4.90 Å². The quantitative estimate of drug-likeness (QED) is 0.652. The molecule has 0 spiro atoms. The topological polar surface area (TPSA) is 19.6 Å². The molecule has 6 rings (SSSR count). The van der Waals surface area contributed by atoms with Gasteiger partial charge in [-0.15, -0.1) is 0 Å². The summed E-state index contributed by atoms with van der Waals surface area (Å²) in [6.45, 7) is 3.16. The molecule has 27 heavy (non-hydrogen) atoms. The molecular formula is C24H24N2O. The first-order valence-corrected chi connectivity index (χ1v) is 10.1. The van der Waals surface area contributed by atoms with E-state index in [0.717, 1.165) is 38.2 Å². The Labute approximate surface area is 160 Å². The molecule has 4 heterocycles. The third-order valence-corrected chi connectivity index (χ3v) is 6.66. The van der Waals surface area contributed by atoms with Gasteiger partial charge in [-0.1, -0.05) is 36.4 Å². The Hall–Kier alpha value is -2.52. The number of aryl methyl sites for hydroxylation is 2. The zero-order valence-corrected chi connectivity index (χ0v) is 15.5. The molecule has 2 aromatic carbocycles. The molecule has 0 aliphatic carbocycles. The standard InChI is InChI=1S/C24H24N2O/c1-2-9-22-17(5-1)10-11-18-6-3-8-20-21-16-25(15-19-7-4-14-27-19)13-12-23(21)26(22)24(18)20/h1-9,14,21,23H,10-13,15-16H2. The molecule has 0 radical (unpaired) electrons. The number of anilines is 2. The Bertz CT molecular complexity index is 978. The molecule has 3 aliphatic heterocycles. The number of fused-ring (bicyclic) bond motifs is 5. The molecule has 1 fully saturated rings. The zero-order valence-electron chi connectivity index (χ0n) is 15.5. The molecule has 2 atom stereocenters. The minimum absolute atomic E-state index is 0.577. The van der Waals surface area contributed by atoms with E-state index in [1.54, 1.807) is 11.8 Å². The van der Waals surface area contributed by atoms with E-state index in [1.165, 1.54) is 28.9 Å². The van der Waals surface area contributed by atoms with E-state index < -0.39 is 0 Å². The van der Waals surface area contributed by atoms with Crippen LogP contribution in [0.1, 0.15) is 34.8 Å². The van der Waals surface area contributed by atoms with E-state index in [1.807, 2.05) is 6.07 Å². The van der Waals surface area contributed by atoms with E-state index in [0.29, 0.717) is 12.0 Å². The third-order valence-electron chi connectivity index (χ3n) is 6.66. The van der Waals surface area contributed by atoms with E-state index in [-0.39, 0.29) is 0 Å². The fraction of sp³-hybridized carbons (Fsp3) is 0.333. The van der Waals surface area contributed by atoms with Gasteiger partial charge in [0.25, 0.3) is 0 Å². The van der Waals surface area contributed by atoms with Crippen molar-refractivity contribution in [2.45, 2.75) is 37.8 Å².